The SMILES string of the molecule is CSOc1[c]cccc1. The third-order valence-corrected chi connectivity index (χ3v) is 1.20. The van der Waals surface area contributed by atoms with E-state index < -0.39 is 0 Å². The molecule has 0 atom stereocenters. The Morgan fingerprint density at radius 1 is 1.56 bits per heavy atom. The first-order chi connectivity index (χ1) is 4.43. The molecule has 0 aliphatic carbocycles. The minimum atomic E-state index is 0.782. The monoisotopic (exact) mass is 139 g/mol. The van der Waals surface area contributed by atoms with Gasteiger partial charge in [0.1, 0.15) is 5.75 Å². The minimum Gasteiger partial charge on any atom is -0.425 e. The molecule has 9 heavy (non-hydrogen) atoms. The normalized spacial score (nSPS) is 9.00. The molecule has 0 aliphatic heterocycles. The van der Waals surface area contributed by atoms with Crippen LogP contribution in [0, 0.1) is 6.07 Å². The molecule has 1 aromatic carbocycles. The van der Waals surface area contributed by atoms with Crippen molar-refractivity contribution in [1.82, 2.24) is 0 Å². The largest absolute Gasteiger partial charge is 0.425 e. The maximum atomic E-state index is 5.07. The molecule has 1 radical (unpaired) electrons. The van der Waals surface area contributed by atoms with E-state index >= 15 is 0 Å². The van der Waals surface area contributed by atoms with Gasteiger partial charge in [0.15, 0.2) is 0 Å². The molecule has 0 N–H and O–H groups in total. The van der Waals surface area contributed by atoms with Crippen molar-refractivity contribution in [2.24, 2.45) is 0 Å². The van der Waals surface area contributed by atoms with Gasteiger partial charge < -0.3 is 4.18 Å². The average molecular weight is 139 g/mol. The summed E-state index contributed by atoms with van der Waals surface area (Å²) in [6.07, 6.45) is 1.88. The molecule has 47 valence electrons. The quantitative estimate of drug-likeness (QED) is 0.580. The molecule has 0 fully saturated rings. The number of rotatable bonds is 2. The van der Waals surface area contributed by atoms with Crippen LogP contribution in [0.15, 0.2) is 24.3 Å². The molecular weight excluding hydrogens is 132 g/mol. The third-order valence-electron chi connectivity index (χ3n) is 0.854. The molecule has 1 rings (SSSR count). The molecule has 0 bridgehead atoms. The predicted octanol–water partition coefficient (Wildman–Crippen LogP) is 2.14. The number of benzene rings is 1. The highest BCUT2D eigenvalue weighted by Crippen LogP contribution is 2.11. The summed E-state index contributed by atoms with van der Waals surface area (Å²) < 4.78 is 5.07. The highest BCUT2D eigenvalue weighted by molar-refractivity contribution is 7.94. The average Bonchev–Trinajstić information content (AvgIpc) is 1.91. The molecule has 2 heteroatoms. The Labute approximate surface area is 59.2 Å². The Bertz CT molecular complexity index is 162. The van der Waals surface area contributed by atoms with E-state index in [0.717, 1.165) is 5.75 Å². The Kier molecular flexibility index (Phi) is 2.46. The van der Waals surface area contributed by atoms with Gasteiger partial charge in [-0.2, -0.15) is 0 Å². The first-order valence-electron chi connectivity index (χ1n) is 2.61. The Morgan fingerprint density at radius 3 is 3.00 bits per heavy atom. The third kappa shape index (κ3) is 1.98. The Balaban J connectivity index is 2.61. The molecule has 0 aliphatic rings. The van der Waals surface area contributed by atoms with E-state index in [2.05, 4.69) is 6.07 Å². The summed E-state index contributed by atoms with van der Waals surface area (Å²) in [7, 11) is 0. The van der Waals surface area contributed by atoms with Gasteiger partial charge in [0.25, 0.3) is 0 Å². The van der Waals surface area contributed by atoms with Crippen LogP contribution in [0.2, 0.25) is 0 Å². The van der Waals surface area contributed by atoms with Crippen molar-refractivity contribution in [3.8, 4) is 5.75 Å². The van der Waals surface area contributed by atoms with Crippen LogP contribution in [0.4, 0.5) is 0 Å². The van der Waals surface area contributed by atoms with Gasteiger partial charge in [-0.15, -0.1) is 0 Å². The van der Waals surface area contributed by atoms with Crippen LogP contribution in [0.3, 0.4) is 0 Å². The van der Waals surface area contributed by atoms with Gasteiger partial charge in [0.2, 0.25) is 0 Å². The van der Waals surface area contributed by atoms with E-state index in [4.69, 9.17) is 4.18 Å². The molecule has 0 aromatic heterocycles. The molecule has 1 nitrogen and oxygen atoms in total. The van der Waals surface area contributed by atoms with Crippen LogP contribution >= 0.6 is 12.0 Å². The van der Waals surface area contributed by atoms with Gasteiger partial charge in [0.05, 0.1) is 12.0 Å². The van der Waals surface area contributed by atoms with Crippen molar-refractivity contribution >= 4 is 12.0 Å². The fraction of sp³-hybridized carbons (Fsp3) is 0.143. The van der Waals surface area contributed by atoms with Gasteiger partial charge in [-0.3, -0.25) is 0 Å². The number of hydrogen-bond donors (Lipinski definition) is 0. The van der Waals surface area contributed by atoms with E-state index in [-0.39, 0.29) is 0 Å². The molecule has 0 spiro atoms. The van der Waals surface area contributed by atoms with Crippen LogP contribution in [0.25, 0.3) is 0 Å². The van der Waals surface area contributed by atoms with E-state index in [1.807, 2.05) is 30.5 Å². The van der Waals surface area contributed by atoms with Crippen LogP contribution in [-0.2, 0) is 0 Å². The number of para-hydroxylation sites is 1. The first kappa shape index (κ1) is 6.49. The highest BCUT2D eigenvalue weighted by Gasteiger charge is 1.86. The molecule has 1 aromatic rings. The molecule has 0 unspecified atom stereocenters. The fourth-order valence-corrected chi connectivity index (χ4v) is 0.802. The van der Waals surface area contributed by atoms with Crippen molar-refractivity contribution in [1.29, 1.82) is 0 Å². The standard InChI is InChI=1S/C7H7OS/c1-9-8-7-5-3-2-4-6-7/h2-5H,1H3. The van der Waals surface area contributed by atoms with Gasteiger partial charge in [-0.05, 0) is 6.07 Å². The zero-order valence-corrected chi connectivity index (χ0v) is 5.94. The Hall–Kier alpha value is -0.630. The lowest BCUT2D eigenvalue weighted by Gasteiger charge is -1.96. The van der Waals surface area contributed by atoms with Crippen molar-refractivity contribution in [3.05, 3.63) is 30.3 Å². The minimum absolute atomic E-state index is 0.782. The van der Waals surface area contributed by atoms with Crippen molar-refractivity contribution in [2.45, 2.75) is 0 Å². The van der Waals surface area contributed by atoms with Crippen LogP contribution in [0.5, 0.6) is 5.75 Å². The maximum absolute atomic E-state index is 5.07. The summed E-state index contributed by atoms with van der Waals surface area (Å²) >= 11 is 1.32. The fourth-order valence-electron chi connectivity index (χ4n) is 0.518. The summed E-state index contributed by atoms with van der Waals surface area (Å²) in [5.41, 5.74) is 0. The van der Waals surface area contributed by atoms with E-state index in [0.29, 0.717) is 0 Å². The summed E-state index contributed by atoms with van der Waals surface area (Å²) in [6, 6.07) is 10.5. The second-order valence-electron chi connectivity index (χ2n) is 1.48. The van der Waals surface area contributed by atoms with E-state index in [1.165, 1.54) is 12.0 Å². The summed E-state index contributed by atoms with van der Waals surface area (Å²) in [5.74, 6) is 0.782. The van der Waals surface area contributed by atoms with Gasteiger partial charge in [0, 0.05) is 12.3 Å². The van der Waals surface area contributed by atoms with E-state index in [9.17, 15) is 0 Å². The van der Waals surface area contributed by atoms with Crippen LogP contribution < -0.4 is 4.18 Å². The summed E-state index contributed by atoms with van der Waals surface area (Å²) in [6.45, 7) is 0. The van der Waals surface area contributed by atoms with Crippen molar-refractivity contribution < 1.29 is 4.18 Å². The summed E-state index contributed by atoms with van der Waals surface area (Å²) in [4.78, 5) is 0. The summed E-state index contributed by atoms with van der Waals surface area (Å²) in [5, 5.41) is 0. The zero-order valence-electron chi connectivity index (χ0n) is 5.13. The van der Waals surface area contributed by atoms with Gasteiger partial charge in [-0.1, -0.05) is 18.2 Å². The van der Waals surface area contributed by atoms with Crippen molar-refractivity contribution in [2.75, 3.05) is 6.26 Å². The second-order valence-corrected chi connectivity index (χ2v) is 1.98. The number of hydrogen-bond acceptors (Lipinski definition) is 2. The molecule has 0 amide bonds. The zero-order chi connectivity index (χ0) is 6.53. The van der Waals surface area contributed by atoms with Crippen molar-refractivity contribution in [3.63, 3.8) is 0 Å². The molecule has 0 heterocycles. The smallest absolute Gasteiger partial charge is 0.145 e. The Morgan fingerprint density at radius 2 is 2.44 bits per heavy atom. The van der Waals surface area contributed by atoms with Crippen LogP contribution in [0.1, 0.15) is 0 Å². The van der Waals surface area contributed by atoms with Crippen LogP contribution in [-0.4, -0.2) is 6.26 Å². The van der Waals surface area contributed by atoms with E-state index in [1.54, 1.807) is 0 Å². The second kappa shape index (κ2) is 3.41. The first-order valence-corrected chi connectivity index (χ1v) is 3.76. The van der Waals surface area contributed by atoms with Gasteiger partial charge >= 0.3 is 0 Å². The lowest BCUT2D eigenvalue weighted by molar-refractivity contribution is 0.649. The molecule has 0 saturated carbocycles. The lowest BCUT2D eigenvalue weighted by atomic mass is 10.3. The lowest BCUT2D eigenvalue weighted by Crippen LogP contribution is -1.76. The topological polar surface area (TPSA) is 9.23 Å². The molecular formula is C7H7OS. The maximum Gasteiger partial charge on any atom is 0.145 e. The highest BCUT2D eigenvalue weighted by atomic mass is 32.2. The van der Waals surface area contributed by atoms with Gasteiger partial charge in [-0.25, -0.2) is 0 Å². The molecule has 0 saturated heterocycles. The predicted molar refractivity (Wildman–Crippen MR) is 39.4 cm³/mol.